The molecule has 0 unspecified atom stereocenters. The lowest BCUT2D eigenvalue weighted by molar-refractivity contribution is -0.159. The van der Waals surface area contributed by atoms with E-state index in [0.717, 1.165) is 12.5 Å². The zero-order valence-electron chi connectivity index (χ0n) is 10.3. The zero-order valence-corrected chi connectivity index (χ0v) is 10.3. The average Bonchev–Trinajstić information content (AvgIpc) is 2.30. The molecule has 0 atom stereocenters. The quantitative estimate of drug-likeness (QED) is 0.519. The van der Waals surface area contributed by atoms with Crippen LogP contribution in [0.4, 0.5) is 0 Å². The van der Waals surface area contributed by atoms with Gasteiger partial charge in [0.2, 0.25) is 0 Å². The molecule has 2 N–H and O–H groups in total. The predicted octanol–water partition coefficient (Wildman–Crippen LogP) is 0.383. The van der Waals surface area contributed by atoms with E-state index in [9.17, 15) is 4.79 Å². The molecule has 2 bridgehead atoms. The topological polar surface area (TPSA) is 94.9 Å². The molecule has 6 nitrogen and oxygen atoms in total. The predicted molar refractivity (Wildman–Crippen MR) is 63.2 cm³/mol. The third kappa shape index (κ3) is 4.29. The molecule has 3 aliphatic rings. The maximum Gasteiger partial charge on any atom is 0.414 e. The lowest BCUT2D eigenvalue weighted by Gasteiger charge is -2.40. The number of carbonyl (C=O) groups is 3. The lowest BCUT2D eigenvalue weighted by Crippen LogP contribution is -2.43. The van der Waals surface area contributed by atoms with E-state index >= 15 is 0 Å². The van der Waals surface area contributed by atoms with Crippen molar-refractivity contribution in [3.8, 4) is 0 Å². The Morgan fingerprint density at radius 1 is 1.17 bits per heavy atom. The number of aliphatic carboxylic acids is 2. The van der Waals surface area contributed by atoms with Gasteiger partial charge < -0.3 is 10.2 Å². The summed E-state index contributed by atoms with van der Waals surface area (Å²) in [6.07, 6.45) is 4.37. The summed E-state index contributed by atoms with van der Waals surface area (Å²) in [5.74, 6) is -2.72. The van der Waals surface area contributed by atoms with E-state index < -0.39 is 11.9 Å². The van der Waals surface area contributed by atoms with Crippen LogP contribution in [0.5, 0.6) is 0 Å². The summed E-state index contributed by atoms with van der Waals surface area (Å²) in [5, 5.41) is 14.8. The molecule has 3 aliphatic heterocycles. The van der Waals surface area contributed by atoms with Gasteiger partial charge in [-0.3, -0.25) is 9.69 Å². The number of carbonyl (C=O) groups excluding carboxylic acids is 1. The van der Waals surface area contributed by atoms with Gasteiger partial charge >= 0.3 is 11.9 Å². The molecule has 0 spiro atoms. The number of nitrogens with zero attached hydrogens (tertiary/aromatic N) is 1. The van der Waals surface area contributed by atoms with Crippen LogP contribution in [0, 0.1) is 5.92 Å². The van der Waals surface area contributed by atoms with E-state index in [1.807, 2.05) is 6.08 Å². The molecule has 0 aromatic heterocycles. The lowest BCUT2D eigenvalue weighted by atomic mass is 9.83. The number of ketones is 1. The first-order chi connectivity index (χ1) is 8.40. The highest BCUT2D eigenvalue weighted by molar-refractivity contribution is 6.27. The zero-order chi connectivity index (χ0) is 13.7. The minimum Gasteiger partial charge on any atom is -0.473 e. The first-order valence-corrected chi connectivity index (χ1v) is 5.79. The Bertz CT molecular complexity index is 368. The Kier molecular flexibility index (Phi) is 5.03. The van der Waals surface area contributed by atoms with E-state index in [-0.39, 0.29) is 5.78 Å². The maximum atomic E-state index is 10.9. The van der Waals surface area contributed by atoms with Gasteiger partial charge in [0, 0.05) is 6.54 Å². The summed E-state index contributed by atoms with van der Waals surface area (Å²) >= 11 is 0. The highest BCUT2D eigenvalue weighted by atomic mass is 16.4. The molecule has 6 heteroatoms. The number of hydrogen-bond donors (Lipinski definition) is 2. The van der Waals surface area contributed by atoms with Gasteiger partial charge in [0.25, 0.3) is 0 Å². The second-order valence-electron chi connectivity index (χ2n) is 4.49. The van der Waals surface area contributed by atoms with Crippen LogP contribution in [-0.4, -0.2) is 52.5 Å². The molecule has 3 saturated heterocycles. The smallest absolute Gasteiger partial charge is 0.414 e. The second-order valence-corrected chi connectivity index (χ2v) is 4.49. The monoisotopic (exact) mass is 255 g/mol. The first kappa shape index (κ1) is 14.4. The summed E-state index contributed by atoms with van der Waals surface area (Å²) in [6, 6.07) is 0. The van der Waals surface area contributed by atoms with Gasteiger partial charge in [0.1, 0.15) is 0 Å². The van der Waals surface area contributed by atoms with Gasteiger partial charge in [-0.1, -0.05) is 0 Å². The average molecular weight is 255 g/mol. The summed E-state index contributed by atoms with van der Waals surface area (Å²) in [6.45, 7) is 5.16. The standard InChI is InChI=1S/C10H15NO.C2H2O4/c1-8(12)6-10-7-11-4-2-9(10)3-5-11;3-1(4)2(5)6/h6,9H,2-5,7H2,1H3;(H,3,4)(H,5,6). The van der Waals surface area contributed by atoms with Crippen molar-refractivity contribution in [2.24, 2.45) is 5.92 Å². The molecule has 3 fully saturated rings. The normalized spacial score (nSPS) is 27.3. The highest BCUT2D eigenvalue weighted by Gasteiger charge is 2.29. The fraction of sp³-hybridized carbons (Fsp3) is 0.583. The molecular weight excluding hydrogens is 238 g/mol. The summed E-state index contributed by atoms with van der Waals surface area (Å²) in [7, 11) is 0. The Labute approximate surface area is 105 Å². The van der Waals surface area contributed by atoms with Crippen LogP contribution < -0.4 is 0 Å². The number of allylic oxidation sites excluding steroid dienone is 1. The Hall–Kier alpha value is -1.69. The van der Waals surface area contributed by atoms with Gasteiger partial charge in [-0.2, -0.15) is 0 Å². The van der Waals surface area contributed by atoms with Crippen molar-refractivity contribution in [1.82, 2.24) is 4.90 Å². The van der Waals surface area contributed by atoms with Crippen LogP contribution in [0.2, 0.25) is 0 Å². The van der Waals surface area contributed by atoms with Crippen molar-refractivity contribution in [1.29, 1.82) is 0 Å². The highest BCUT2D eigenvalue weighted by Crippen LogP contribution is 2.31. The van der Waals surface area contributed by atoms with Gasteiger partial charge in [0.05, 0.1) is 0 Å². The number of carboxylic acid groups (broad SMARTS) is 2. The van der Waals surface area contributed by atoms with Crippen molar-refractivity contribution >= 4 is 17.7 Å². The van der Waals surface area contributed by atoms with Crippen LogP contribution in [0.1, 0.15) is 19.8 Å². The Morgan fingerprint density at radius 3 is 1.94 bits per heavy atom. The molecule has 0 radical (unpaired) electrons. The Balaban J connectivity index is 0.000000232. The van der Waals surface area contributed by atoms with Crippen LogP contribution >= 0.6 is 0 Å². The van der Waals surface area contributed by atoms with Crippen molar-refractivity contribution < 1.29 is 24.6 Å². The van der Waals surface area contributed by atoms with Crippen LogP contribution in [0.15, 0.2) is 11.6 Å². The van der Waals surface area contributed by atoms with Crippen LogP contribution in [-0.2, 0) is 14.4 Å². The largest absolute Gasteiger partial charge is 0.473 e. The summed E-state index contributed by atoms with van der Waals surface area (Å²) in [4.78, 5) is 31.5. The van der Waals surface area contributed by atoms with E-state index in [1.54, 1.807) is 6.92 Å². The summed E-state index contributed by atoms with van der Waals surface area (Å²) in [5.41, 5.74) is 1.38. The van der Waals surface area contributed by atoms with Crippen molar-refractivity contribution in [2.75, 3.05) is 19.6 Å². The first-order valence-electron chi connectivity index (χ1n) is 5.79. The third-order valence-corrected chi connectivity index (χ3v) is 3.09. The third-order valence-electron chi connectivity index (χ3n) is 3.09. The maximum absolute atomic E-state index is 10.9. The molecule has 3 heterocycles. The summed E-state index contributed by atoms with van der Waals surface area (Å²) < 4.78 is 0. The number of rotatable bonds is 1. The molecule has 18 heavy (non-hydrogen) atoms. The van der Waals surface area contributed by atoms with E-state index in [0.29, 0.717) is 0 Å². The van der Waals surface area contributed by atoms with E-state index in [1.165, 1.54) is 31.5 Å². The Morgan fingerprint density at radius 2 is 1.67 bits per heavy atom. The van der Waals surface area contributed by atoms with Gasteiger partial charge in [-0.25, -0.2) is 9.59 Å². The van der Waals surface area contributed by atoms with Crippen molar-refractivity contribution in [3.05, 3.63) is 11.6 Å². The van der Waals surface area contributed by atoms with Crippen LogP contribution in [0.25, 0.3) is 0 Å². The molecule has 0 amide bonds. The number of carboxylic acids is 2. The molecular formula is C12H17NO5. The molecule has 0 aliphatic carbocycles. The van der Waals surface area contributed by atoms with Crippen molar-refractivity contribution in [3.63, 3.8) is 0 Å². The molecule has 3 rings (SSSR count). The minimum atomic E-state index is -1.82. The molecule has 0 aromatic rings. The number of hydrogen-bond acceptors (Lipinski definition) is 4. The SMILES string of the molecule is CC(=O)C=C1CN2CCC1CC2.O=C(O)C(=O)O. The second kappa shape index (κ2) is 6.30. The van der Waals surface area contributed by atoms with Gasteiger partial charge in [0.15, 0.2) is 5.78 Å². The fourth-order valence-corrected chi connectivity index (χ4v) is 2.27. The molecule has 0 saturated carbocycles. The van der Waals surface area contributed by atoms with Crippen molar-refractivity contribution in [2.45, 2.75) is 19.8 Å². The number of fused-ring (bicyclic) bond motifs is 3. The fourth-order valence-electron chi connectivity index (χ4n) is 2.27. The van der Waals surface area contributed by atoms with Crippen LogP contribution in [0.3, 0.4) is 0 Å². The molecule has 0 aromatic carbocycles. The molecule has 100 valence electrons. The van der Waals surface area contributed by atoms with Gasteiger partial charge in [-0.05, 0) is 50.4 Å². The number of piperidine rings is 3. The van der Waals surface area contributed by atoms with E-state index in [2.05, 4.69) is 4.90 Å². The van der Waals surface area contributed by atoms with E-state index in [4.69, 9.17) is 19.8 Å². The minimum absolute atomic E-state index is 0.207. The van der Waals surface area contributed by atoms with Gasteiger partial charge in [-0.15, -0.1) is 0 Å².